The molecule has 0 radical (unpaired) electrons. The number of aliphatic hydroxyl groups excluding tert-OH is 2. The van der Waals surface area contributed by atoms with E-state index in [1.54, 1.807) is 0 Å². The van der Waals surface area contributed by atoms with Gasteiger partial charge in [0.1, 0.15) is 6.54 Å². The van der Waals surface area contributed by atoms with Crippen LogP contribution >= 0.6 is 0 Å². The van der Waals surface area contributed by atoms with Crippen molar-refractivity contribution in [3.8, 4) is 0 Å². The topological polar surface area (TPSA) is 172 Å². The largest absolute Gasteiger partial charge is 0.491 e. The SMILES string of the molecule is O=C(O)c1nc([N+](=O)[O-])nn1CC(=O)N(CCO)CCO. The molecule has 1 aromatic rings. The van der Waals surface area contributed by atoms with E-state index >= 15 is 0 Å². The highest BCUT2D eigenvalue weighted by molar-refractivity contribution is 5.84. The van der Waals surface area contributed by atoms with Gasteiger partial charge >= 0.3 is 17.7 Å². The van der Waals surface area contributed by atoms with Crippen LogP contribution in [0.3, 0.4) is 0 Å². The van der Waals surface area contributed by atoms with Gasteiger partial charge < -0.3 is 30.3 Å². The second kappa shape index (κ2) is 7.25. The van der Waals surface area contributed by atoms with Gasteiger partial charge in [0, 0.05) is 18.2 Å². The van der Waals surface area contributed by atoms with E-state index in [4.69, 9.17) is 15.3 Å². The van der Waals surface area contributed by atoms with Gasteiger partial charge in [-0.25, -0.2) is 4.79 Å². The van der Waals surface area contributed by atoms with E-state index in [1.807, 2.05) is 0 Å². The number of aromatic carboxylic acids is 1. The molecule has 1 rings (SSSR count). The first-order chi connectivity index (χ1) is 9.90. The van der Waals surface area contributed by atoms with Gasteiger partial charge in [0.25, 0.3) is 0 Å². The van der Waals surface area contributed by atoms with Crippen molar-refractivity contribution in [2.75, 3.05) is 26.3 Å². The van der Waals surface area contributed by atoms with Crippen LogP contribution in [0.1, 0.15) is 10.6 Å². The van der Waals surface area contributed by atoms with Crippen molar-refractivity contribution in [2.45, 2.75) is 6.54 Å². The van der Waals surface area contributed by atoms with E-state index in [0.717, 1.165) is 4.90 Å². The summed E-state index contributed by atoms with van der Waals surface area (Å²) in [5.41, 5.74) is 0. The van der Waals surface area contributed by atoms with Gasteiger partial charge in [-0.15, -0.1) is 0 Å². The molecule has 21 heavy (non-hydrogen) atoms. The molecule has 0 saturated heterocycles. The number of carboxylic acid groups (broad SMARTS) is 1. The highest BCUT2D eigenvalue weighted by Crippen LogP contribution is 2.07. The van der Waals surface area contributed by atoms with Crippen LogP contribution in [0.25, 0.3) is 0 Å². The van der Waals surface area contributed by atoms with Gasteiger partial charge in [-0.3, -0.25) is 4.79 Å². The predicted octanol–water partition coefficient (Wildman–Crippen LogP) is -2.30. The van der Waals surface area contributed by atoms with Crippen LogP contribution in [-0.4, -0.2) is 78.1 Å². The number of aliphatic hydroxyl groups is 2. The molecule has 0 aliphatic carbocycles. The Hall–Kier alpha value is -2.60. The summed E-state index contributed by atoms with van der Waals surface area (Å²) in [4.78, 5) is 36.6. The average Bonchev–Trinajstić information content (AvgIpc) is 2.82. The number of carbonyl (C=O) groups excluding carboxylic acids is 1. The molecule has 1 amide bonds. The normalized spacial score (nSPS) is 10.4. The van der Waals surface area contributed by atoms with Gasteiger partial charge in [-0.1, -0.05) is 0 Å². The minimum Gasteiger partial charge on any atom is -0.474 e. The molecule has 0 unspecified atom stereocenters. The van der Waals surface area contributed by atoms with Crippen LogP contribution in [-0.2, 0) is 11.3 Å². The summed E-state index contributed by atoms with van der Waals surface area (Å²) < 4.78 is 0.588. The van der Waals surface area contributed by atoms with Gasteiger partial charge in [0.05, 0.1) is 13.2 Å². The lowest BCUT2D eigenvalue weighted by Gasteiger charge is -2.19. The van der Waals surface area contributed by atoms with Crippen LogP contribution in [0.4, 0.5) is 5.95 Å². The number of carbonyl (C=O) groups is 2. The number of nitrogens with zero attached hydrogens (tertiary/aromatic N) is 5. The monoisotopic (exact) mass is 303 g/mol. The third-order valence-corrected chi connectivity index (χ3v) is 2.39. The number of aromatic nitrogens is 3. The van der Waals surface area contributed by atoms with Crippen LogP contribution in [0, 0.1) is 10.1 Å². The molecular formula is C9H13N5O7. The third-order valence-electron chi connectivity index (χ3n) is 2.39. The summed E-state index contributed by atoms with van der Waals surface area (Å²) in [5, 5.41) is 40.3. The van der Waals surface area contributed by atoms with E-state index in [2.05, 4.69) is 10.1 Å². The van der Waals surface area contributed by atoms with E-state index in [0.29, 0.717) is 4.68 Å². The van der Waals surface area contributed by atoms with Crippen molar-refractivity contribution in [1.82, 2.24) is 19.7 Å². The number of rotatable bonds is 8. The Kier molecular flexibility index (Phi) is 5.68. The van der Waals surface area contributed by atoms with Gasteiger partial charge in [0.15, 0.2) is 0 Å². The Labute approximate surface area is 117 Å². The van der Waals surface area contributed by atoms with E-state index in [-0.39, 0.29) is 26.3 Å². The molecule has 0 fully saturated rings. The number of hydrogen-bond donors (Lipinski definition) is 3. The summed E-state index contributed by atoms with van der Waals surface area (Å²) in [6.07, 6.45) is 0. The van der Waals surface area contributed by atoms with Crippen molar-refractivity contribution in [3.63, 3.8) is 0 Å². The van der Waals surface area contributed by atoms with Crippen molar-refractivity contribution in [1.29, 1.82) is 0 Å². The maximum atomic E-state index is 11.9. The fraction of sp³-hybridized carbons (Fsp3) is 0.556. The first-order valence-corrected chi connectivity index (χ1v) is 5.72. The molecule has 0 spiro atoms. The van der Waals surface area contributed by atoms with Crippen LogP contribution in [0.15, 0.2) is 0 Å². The first-order valence-electron chi connectivity index (χ1n) is 5.72. The molecule has 0 aliphatic rings. The lowest BCUT2D eigenvalue weighted by atomic mass is 10.4. The smallest absolute Gasteiger partial charge is 0.474 e. The zero-order valence-corrected chi connectivity index (χ0v) is 10.7. The quantitative estimate of drug-likeness (QED) is 0.352. The molecule has 12 heteroatoms. The molecule has 0 aromatic carbocycles. The Morgan fingerprint density at radius 2 is 1.86 bits per heavy atom. The minimum absolute atomic E-state index is 0.0708. The second-order valence-electron chi connectivity index (χ2n) is 3.78. The molecule has 116 valence electrons. The third kappa shape index (κ3) is 4.19. The van der Waals surface area contributed by atoms with Crippen LogP contribution in [0.2, 0.25) is 0 Å². The summed E-state index contributed by atoms with van der Waals surface area (Å²) in [6.45, 7) is -1.45. The summed E-state index contributed by atoms with van der Waals surface area (Å²) in [5.74, 6) is -3.92. The molecule has 3 N–H and O–H groups in total. The number of hydrogen-bond acceptors (Lipinski definition) is 8. The molecule has 0 atom stereocenters. The lowest BCUT2D eigenvalue weighted by Crippen LogP contribution is -2.38. The first kappa shape index (κ1) is 16.5. The summed E-state index contributed by atoms with van der Waals surface area (Å²) in [6, 6.07) is 0. The number of carboxylic acids is 1. The number of nitro groups is 1. The van der Waals surface area contributed by atoms with E-state index in [9.17, 15) is 19.7 Å². The number of amides is 1. The fourth-order valence-electron chi connectivity index (χ4n) is 1.51. The van der Waals surface area contributed by atoms with Crippen molar-refractivity contribution in [2.24, 2.45) is 0 Å². The molecule has 12 nitrogen and oxygen atoms in total. The fourth-order valence-corrected chi connectivity index (χ4v) is 1.51. The van der Waals surface area contributed by atoms with Crippen LogP contribution in [0.5, 0.6) is 0 Å². The molecule has 1 aromatic heterocycles. The van der Waals surface area contributed by atoms with Crippen molar-refractivity contribution in [3.05, 3.63) is 15.9 Å². The molecule has 0 bridgehead atoms. The molecular weight excluding hydrogens is 290 g/mol. The van der Waals surface area contributed by atoms with E-state index in [1.165, 1.54) is 0 Å². The van der Waals surface area contributed by atoms with Gasteiger partial charge in [-0.05, 0) is 9.91 Å². The molecule has 0 saturated carbocycles. The molecule has 1 heterocycles. The van der Waals surface area contributed by atoms with Gasteiger partial charge in [-0.2, -0.15) is 4.68 Å². The second-order valence-corrected chi connectivity index (χ2v) is 3.78. The average molecular weight is 303 g/mol. The summed E-state index contributed by atoms with van der Waals surface area (Å²) in [7, 11) is 0. The minimum atomic E-state index is -1.57. The standard InChI is InChI=1S/C9H13N5O7/c15-3-1-12(2-4-16)6(17)5-13-7(8(18)19)10-9(11-13)14(20)21/h15-16H,1-5H2,(H,18,19). The summed E-state index contributed by atoms with van der Waals surface area (Å²) >= 11 is 0. The van der Waals surface area contributed by atoms with Crippen molar-refractivity contribution < 1.29 is 29.8 Å². The highest BCUT2D eigenvalue weighted by atomic mass is 16.6. The van der Waals surface area contributed by atoms with E-state index < -0.39 is 35.1 Å². The molecule has 0 aliphatic heterocycles. The van der Waals surface area contributed by atoms with Crippen molar-refractivity contribution >= 4 is 17.8 Å². The predicted molar refractivity (Wildman–Crippen MR) is 64.4 cm³/mol. The maximum absolute atomic E-state index is 11.9. The zero-order valence-electron chi connectivity index (χ0n) is 10.7. The maximum Gasteiger partial charge on any atom is 0.491 e. The lowest BCUT2D eigenvalue weighted by molar-refractivity contribution is -0.394. The Balaban J connectivity index is 2.97. The zero-order chi connectivity index (χ0) is 16.0. The Bertz CT molecular complexity index is 537. The Morgan fingerprint density at radius 3 is 2.29 bits per heavy atom. The van der Waals surface area contributed by atoms with Gasteiger partial charge in [0.2, 0.25) is 5.91 Å². The Morgan fingerprint density at radius 1 is 1.29 bits per heavy atom. The van der Waals surface area contributed by atoms with Crippen LogP contribution < -0.4 is 0 Å². The highest BCUT2D eigenvalue weighted by Gasteiger charge is 2.28.